The molecule has 2 aromatic rings. The van der Waals surface area contributed by atoms with Crippen LogP contribution in [0.15, 0.2) is 22.8 Å². The van der Waals surface area contributed by atoms with Crippen molar-refractivity contribution in [3.63, 3.8) is 0 Å². The number of furan rings is 1. The van der Waals surface area contributed by atoms with E-state index >= 15 is 0 Å². The summed E-state index contributed by atoms with van der Waals surface area (Å²) in [5.74, 6) is 0.679. The maximum absolute atomic E-state index is 12.9. The number of carbonyl (C=O) groups excluding carboxylic acids is 2. The molecule has 0 aromatic carbocycles. The Bertz CT molecular complexity index is 748. The molecule has 1 amide bonds. The Labute approximate surface area is 151 Å². The minimum absolute atomic E-state index is 0.0859. The van der Waals surface area contributed by atoms with Crippen LogP contribution >= 0.6 is 11.3 Å². The lowest BCUT2D eigenvalue weighted by molar-refractivity contribution is -0.116. The summed E-state index contributed by atoms with van der Waals surface area (Å²) in [6.45, 7) is 2.77. The third-order valence-corrected chi connectivity index (χ3v) is 5.66. The predicted molar refractivity (Wildman–Crippen MR) is 97.4 cm³/mol. The number of amides is 1. The summed E-state index contributed by atoms with van der Waals surface area (Å²) in [6.07, 6.45) is 5.42. The molecule has 0 saturated carbocycles. The van der Waals surface area contributed by atoms with Crippen molar-refractivity contribution in [3.05, 3.63) is 40.2 Å². The third-order valence-electron chi connectivity index (χ3n) is 4.49. The molecule has 0 aliphatic heterocycles. The van der Waals surface area contributed by atoms with Crippen molar-refractivity contribution in [1.29, 1.82) is 0 Å². The second-order valence-corrected chi connectivity index (χ2v) is 7.61. The molecule has 0 bridgehead atoms. The molecule has 1 aliphatic carbocycles. The van der Waals surface area contributed by atoms with E-state index in [1.165, 1.54) is 22.5 Å². The minimum Gasteiger partial charge on any atom is -0.461 e. The van der Waals surface area contributed by atoms with E-state index < -0.39 is 0 Å². The Morgan fingerprint density at radius 1 is 1.44 bits per heavy atom. The normalized spacial score (nSPS) is 16.5. The summed E-state index contributed by atoms with van der Waals surface area (Å²) < 4.78 is 10.3. The number of hydrogen-bond acceptors (Lipinski definition) is 5. The standard InChI is InChI=1S/C19H23NO4S/c1-12-7-8-13-15(11-12)25-19(20-16(21)6-4-9-23-2)17(13)18(22)14-5-3-10-24-14/h3,5,10,12H,4,6-9,11H2,1-2H3,(H,20,21). The Balaban J connectivity index is 1.88. The molecule has 0 saturated heterocycles. The molecular weight excluding hydrogens is 338 g/mol. The lowest BCUT2D eigenvalue weighted by atomic mass is 9.87. The van der Waals surface area contributed by atoms with Crippen molar-refractivity contribution in [2.75, 3.05) is 19.0 Å². The number of hydrogen-bond donors (Lipinski definition) is 1. The highest BCUT2D eigenvalue weighted by Crippen LogP contribution is 2.40. The summed E-state index contributed by atoms with van der Waals surface area (Å²) >= 11 is 1.53. The zero-order chi connectivity index (χ0) is 17.8. The fraction of sp³-hybridized carbons (Fsp3) is 0.474. The first-order valence-electron chi connectivity index (χ1n) is 8.61. The Kier molecular flexibility index (Phi) is 5.71. The smallest absolute Gasteiger partial charge is 0.231 e. The van der Waals surface area contributed by atoms with Crippen LogP contribution in [0.2, 0.25) is 0 Å². The SMILES string of the molecule is COCCCC(=O)Nc1sc2c(c1C(=O)c1ccco1)CCC(C)C2. The third kappa shape index (κ3) is 4.02. The molecule has 0 spiro atoms. The highest BCUT2D eigenvalue weighted by molar-refractivity contribution is 7.17. The molecule has 1 unspecified atom stereocenters. The van der Waals surface area contributed by atoms with E-state index in [-0.39, 0.29) is 11.7 Å². The summed E-state index contributed by atoms with van der Waals surface area (Å²) in [6, 6.07) is 3.37. The summed E-state index contributed by atoms with van der Waals surface area (Å²) in [5, 5.41) is 3.60. The first-order chi connectivity index (χ1) is 12.1. The van der Waals surface area contributed by atoms with Gasteiger partial charge in [-0.3, -0.25) is 9.59 Å². The van der Waals surface area contributed by atoms with E-state index in [0.29, 0.717) is 41.7 Å². The van der Waals surface area contributed by atoms with Gasteiger partial charge in [0.2, 0.25) is 11.7 Å². The highest BCUT2D eigenvalue weighted by atomic mass is 32.1. The van der Waals surface area contributed by atoms with Gasteiger partial charge < -0.3 is 14.5 Å². The van der Waals surface area contributed by atoms with E-state index in [2.05, 4.69) is 12.2 Å². The molecule has 2 aromatic heterocycles. The molecule has 134 valence electrons. The predicted octanol–water partition coefficient (Wildman–Crippen LogP) is 4.06. The van der Waals surface area contributed by atoms with Gasteiger partial charge in [-0.05, 0) is 49.3 Å². The van der Waals surface area contributed by atoms with Gasteiger partial charge in [-0.15, -0.1) is 11.3 Å². The lowest BCUT2D eigenvalue weighted by Crippen LogP contribution is -2.15. The molecular formula is C19H23NO4S. The Morgan fingerprint density at radius 3 is 3.00 bits per heavy atom. The van der Waals surface area contributed by atoms with Crippen molar-refractivity contribution in [2.45, 2.75) is 39.0 Å². The van der Waals surface area contributed by atoms with Gasteiger partial charge >= 0.3 is 0 Å². The fourth-order valence-electron chi connectivity index (χ4n) is 3.18. The second-order valence-electron chi connectivity index (χ2n) is 6.51. The van der Waals surface area contributed by atoms with Crippen molar-refractivity contribution in [3.8, 4) is 0 Å². The zero-order valence-corrected chi connectivity index (χ0v) is 15.4. The van der Waals surface area contributed by atoms with Gasteiger partial charge in [-0.2, -0.15) is 0 Å². The van der Waals surface area contributed by atoms with Crippen LogP contribution in [-0.2, 0) is 22.4 Å². The van der Waals surface area contributed by atoms with E-state index in [1.54, 1.807) is 19.2 Å². The number of methoxy groups -OCH3 is 1. The average Bonchev–Trinajstić information content (AvgIpc) is 3.21. The number of nitrogens with one attached hydrogen (secondary N) is 1. The van der Waals surface area contributed by atoms with E-state index in [9.17, 15) is 9.59 Å². The lowest BCUT2D eigenvalue weighted by Gasteiger charge is -2.18. The monoisotopic (exact) mass is 361 g/mol. The van der Waals surface area contributed by atoms with Gasteiger partial charge in [0.25, 0.3) is 0 Å². The van der Waals surface area contributed by atoms with Gasteiger partial charge in [0, 0.05) is 25.0 Å². The number of ether oxygens (including phenoxy) is 1. The maximum Gasteiger partial charge on any atom is 0.231 e. The summed E-state index contributed by atoms with van der Waals surface area (Å²) in [5.41, 5.74) is 1.69. The molecule has 0 fully saturated rings. The molecule has 1 N–H and O–H groups in total. The molecule has 5 nitrogen and oxygen atoms in total. The van der Waals surface area contributed by atoms with Crippen molar-refractivity contribution in [1.82, 2.24) is 0 Å². The van der Waals surface area contributed by atoms with Crippen LogP contribution < -0.4 is 5.32 Å². The van der Waals surface area contributed by atoms with E-state index in [0.717, 1.165) is 24.8 Å². The zero-order valence-electron chi connectivity index (χ0n) is 14.6. The fourth-order valence-corrected chi connectivity index (χ4v) is 4.60. The molecule has 25 heavy (non-hydrogen) atoms. The van der Waals surface area contributed by atoms with Gasteiger partial charge in [0.15, 0.2) is 5.76 Å². The van der Waals surface area contributed by atoms with Crippen molar-refractivity contribution in [2.24, 2.45) is 5.92 Å². The van der Waals surface area contributed by atoms with E-state index in [4.69, 9.17) is 9.15 Å². The maximum atomic E-state index is 12.9. The average molecular weight is 361 g/mol. The topological polar surface area (TPSA) is 68.5 Å². The molecule has 1 atom stereocenters. The Morgan fingerprint density at radius 2 is 2.28 bits per heavy atom. The molecule has 0 radical (unpaired) electrons. The number of carbonyl (C=O) groups is 2. The van der Waals surface area contributed by atoms with Crippen LogP contribution in [0.3, 0.4) is 0 Å². The van der Waals surface area contributed by atoms with Crippen molar-refractivity contribution >= 4 is 28.0 Å². The molecule has 2 heterocycles. The van der Waals surface area contributed by atoms with Crippen LogP contribution in [0.25, 0.3) is 0 Å². The van der Waals surface area contributed by atoms with Crippen molar-refractivity contribution < 1.29 is 18.7 Å². The second kappa shape index (κ2) is 7.97. The van der Waals surface area contributed by atoms with Gasteiger partial charge in [-0.1, -0.05) is 6.92 Å². The van der Waals surface area contributed by atoms with Crippen LogP contribution in [0.5, 0.6) is 0 Å². The largest absolute Gasteiger partial charge is 0.461 e. The highest BCUT2D eigenvalue weighted by Gasteiger charge is 2.29. The molecule has 3 rings (SSSR count). The van der Waals surface area contributed by atoms with Gasteiger partial charge in [-0.25, -0.2) is 0 Å². The summed E-state index contributed by atoms with van der Waals surface area (Å²) in [7, 11) is 1.62. The first kappa shape index (κ1) is 17.9. The van der Waals surface area contributed by atoms with Crippen LogP contribution in [0.4, 0.5) is 5.00 Å². The van der Waals surface area contributed by atoms with Gasteiger partial charge in [0.05, 0.1) is 11.8 Å². The van der Waals surface area contributed by atoms with Gasteiger partial charge in [0.1, 0.15) is 5.00 Å². The number of thiophene rings is 1. The molecule has 6 heteroatoms. The van der Waals surface area contributed by atoms with E-state index in [1.807, 2.05) is 0 Å². The first-order valence-corrected chi connectivity index (χ1v) is 9.43. The quantitative estimate of drug-likeness (QED) is 0.596. The van der Waals surface area contributed by atoms with Crippen LogP contribution in [0.1, 0.15) is 52.7 Å². The Hall–Kier alpha value is -1.92. The number of fused-ring (bicyclic) bond motifs is 1. The molecule has 1 aliphatic rings. The summed E-state index contributed by atoms with van der Waals surface area (Å²) in [4.78, 5) is 26.4. The minimum atomic E-state index is -0.149. The number of rotatable bonds is 7. The van der Waals surface area contributed by atoms with Crippen LogP contribution in [0, 0.1) is 5.92 Å². The number of ketones is 1. The van der Waals surface area contributed by atoms with Crippen LogP contribution in [-0.4, -0.2) is 25.4 Å². The number of anilines is 1.